The van der Waals surface area contributed by atoms with Gasteiger partial charge in [0.15, 0.2) is 0 Å². The number of piperidine rings is 1. The number of nitrogens with zero attached hydrogens (tertiary/aromatic N) is 1. The fourth-order valence-corrected chi connectivity index (χ4v) is 6.70. The van der Waals surface area contributed by atoms with Gasteiger partial charge >= 0.3 is 5.97 Å². The number of thioether (sulfide) groups is 1. The summed E-state index contributed by atoms with van der Waals surface area (Å²) in [5.41, 5.74) is -17.7. The maximum absolute atomic E-state index is 15.3. The molecule has 2 aliphatic heterocycles. The number of carbonyl (C=O) groups excluding carboxylic acids is 2. The van der Waals surface area contributed by atoms with Crippen LogP contribution in [0.1, 0.15) is 126 Å². The largest absolute Gasteiger partial charge is 0.461 e. The van der Waals surface area contributed by atoms with Gasteiger partial charge in [0.05, 0.1) is 18.7 Å². The first-order valence-electron chi connectivity index (χ1n) is 26.3. The number of carbonyl (C=O) groups is 2. The van der Waals surface area contributed by atoms with Crippen LogP contribution < -0.4 is 0 Å². The summed E-state index contributed by atoms with van der Waals surface area (Å²) in [4.78, 5) is 31.8. The Kier molecular flexibility index (Phi) is 2.24. The minimum atomic E-state index is -6.06. The molecule has 3 saturated carbocycles. The average Bonchev–Trinajstić information content (AvgIpc) is 3.34. The van der Waals surface area contributed by atoms with Crippen molar-refractivity contribution in [2.24, 2.45) is 33.9 Å². The van der Waals surface area contributed by atoms with E-state index in [4.69, 9.17) is 28.0 Å². The second kappa shape index (κ2) is 9.41. The van der Waals surface area contributed by atoms with Gasteiger partial charge in [0.25, 0.3) is 0 Å². The highest BCUT2D eigenvalue weighted by Crippen LogP contribution is 2.68. The second-order valence-corrected chi connectivity index (χ2v) is 10.8. The zero-order valence-electron chi connectivity index (χ0n) is 49.3. The van der Waals surface area contributed by atoms with Gasteiger partial charge in [-0.25, -0.2) is 0 Å². The smallest absolute Gasteiger partial charge is 0.316 e. The molecule has 0 aromatic carbocycles. The van der Waals surface area contributed by atoms with Crippen LogP contribution in [0.2, 0.25) is 0 Å². The van der Waals surface area contributed by atoms with Crippen molar-refractivity contribution in [3.63, 3.8) is 0 Å². The quantitative estimate of drug-likeness (QED) is 0.375. The predicted octanol–water partition coefficient (Wildman–Crippen LogP) is 5.25. The van der Waals surface area contributed by atoms with Crippen LogP contribution in [0.4, 0.5) is 0 Å². The van der Waals surface area contributed by atoms with Gasteiger partial charge in [0.2, 0.25) is 0 Å². The highest BCUT2D eigenvalue weighted by molar-refractivity contribution is 8.00. The Morgan fingerprint density at radius 2 is 2.19 bits per heavy atom. The monoisotopic (exact) mass is 548 g/mol. The summed E-state index contributed by atoms with van der Waals surface area (Å²) in [7, 11) is 1.82. The zero-order chi connectivity index (χ0) is 52.1. The van der Waals surface area contributed by atoms with Crippen molar-refractivity contribution in [1.82, 2.24) is 4.90 Å². The molecule has 4 unspecified atom stereocenters. The lowest BCUT2D eigenvalue weighted by molar-refractivity contribution is -0.205. The molecule has 5 fully saturated rings. The Hall–Kier alpha value is -0.850. The molecule has 0 radical (unpaired) electrons. The first-order valence-corrected chi connectivity index (χ1v) is 12.4. The molecule has 5 aliphatic rings. The normalized spacial score (nSPS) is 81.5. The van der Waals surface area contributed by atoms with Gasteiger partial charge in [-0.05, 0) is 75.4 Å². The maximum Gasteiger partial charge on any atom is 0.316 e. The third-order valence-corrected chi connectivity index (χ3v) is 8.85. The number of fused-ring (bicyclic) bond motifs is 2. The SMILES string of the molecule is [2H]C([2H])=C([2H])[C@]1(C([2H])([2H])[2H])C([2H])([2H])[C@@]([2H])(OC(=O)CSC2C[C@H]3CC[C@H](C2)N3C)C2(C([2H])([2H])[2H])C3([2H])C(=O)C([2H])([2H])C([2H])([2H])C3(C([2H])([2H])C([2H])([2H])C2([2H])C([2H])([2H])[2H])[C@@]([2H])(C([2H])([2H])[2H])[C@]1([2H])O. The van der Waals surface area contributed by atoms with Crippen LogP contribution in [0.15, 0.2) is 12.6 Å². The van der Waals surface area contributed by atoms with Crippen LogP contribution in [0.3, 0.4) is 0 Å². The summed E-state index contributed by atoms with van der Waals surface area (Å²) < 4.78 is 278. The summed E-state index contributed by atoms with van der Waals surface area (Å²) in [5, 5.41) is 12.3. The molecule has 2 heterocycles. The fraction of sp³-hybridized carbons (Fsp3) is 0.867. The van der Waals surface area contributed by atoms with Gasteiger partial charge in [0, 0.05) is 74.7 Å². The minimum Gasteiger partial charge on any atom is -0.461 e. The van der Waals surface area contributed by atoms with E-state index >= 15 is 4.79 Å². The van der Waals surface area contributed by atoms with E-state index in [9.17, 15) is 27.7 Å². The Bertz CT molecular complexity index is 2070. The van der Waals surface area contributed by atoms with Crippen LogP contribution in [0.5, 0.6) is 0 Å². The van der Waals surface area contributed by atoms with E-state index in [1.54, 1.807) is 0 Å². The molecule has 2 saturated heterocycles. The van der Waals surface area contributed by atoms with Crippen LogP contribution >= 0.6 is 11.8 Å². The Morgan fingerprint density at radius 1 is 1.39 bits per heavy atom. The number of esters is 1. The Labute approximate surface area is 264 Å². The minimum absolute atomic E-state index is 0.0695. The molecular formula is C30H47NO4S. The van der Waals surface area contributed by atoms with Crippen molar-refractivity contribution in [3.8, 4) is 0 Å². The Balaban J connectivity index is 2.27. The number of aliphatic hydroxyl groups is 1. The molecule has 36 heavy (non-hydrogen) atoms. The van der Waals surface area contributed by atoms with Crippen molar-refractivity contribution in [1.29, 1.82) is 0 Å². The summed E-state index contributed by atoms with van der Waals surface area (Å²) in [6.07, 6.45) is -37.3. The fourth-order valence-electron chi connectivity index (χ4n) is 5.55. The number of ketones is 1. The van der Waals surface area contributed by atoms with Crippen molar-refractivity contribution in [2.45, 2.75) is 114 Å². The molecule has 6 heteroatoms. The van der Waals surface area contributed by atoms with E-state index in [1.807, 2.05) is 11.9 Å². The Morgan fingerprint density at radius 3 is 2.86 bits per heavy atom. The van der Waals surface area contributed by atoms with Crippen molar-refractivity contribution < 1.29 is 60.6 Å². The molecule has 0 aromatic rings. The molecule has 3 aliphatic carbocycles. The molecule has 4 bridgehead atoms. The average molecular weight is 548 g/mol. The van der Waals surface area contributed by atoms with E-state index in [1.165, 1.54) is 0 Å². The van der Waals surface area contributed by atoms with E-state index in [2.05, 4.69) is 0 Å². The maximum atomic E-state index is 15.3. The second-order valence-electron chi connectivity index (χ2n) is 9.56. The van der Waals surface area contributed by atoms with E-state index in [0.29, 0.717) is 37.4 Å². The molecule has 5 nitrogen and oxygen atoms in total. The van der Waals surface area contributed by atoms with Gasteiger partial charge in [-0.2, -0.15) is 0 Å². The summed E-state index contributed by atoms with van der Waals surface area (Å²) in [6.45, 7) is -23.7. The van der Waals surface area contributed by atoms with Crippen LogP contribution in [-0.2, 0) is 14.3 Å². The number of Topliss-reactive ketones (excluding diaryl/α,β-unsaturated/α-hetero) is 1. The third kappa shape index (κ3) is 3.95. The van der Waals surface area contributed by atoms with Crippen LogP contribution in [0.25, 0.3) is 0 Å². The van der Waals surface area contributed by atoms with Crippen molar-refractivity contribution in [3.05, 3.63) is 12.6 Å². The lowest BCUT2D eigenvalue weighted by Crippen LogP contribution is -2.63. The molecule has 1 N–H and O–H groups in total. The van der Waals surface area contributed by atoms with Gasteiger partial charge < -0.3 is 14.7 Å². The first kappa shape index (κ1) is 8.57. The van der Waals surface area contributed by atoms with Crippen molar-refractivity contribution in [2.75, 3.05) is 12.8 Å². The first-order chi connectivity index (χ1) is 28.9. The summed E-state index contributed by atoms with van der Waals surface area (Å²) in [6, 6.07) is -2.91. The molecule has 0 aromatic heterocycles. The van der Waals surface area contributed by atoms with Gasteiger partial charge in [-0.1, -0.05) is 33.5 Å². The molecule has 0 spiro atoms. The molecular weight excluding hydrogens is 470 g/mol. The molecule has 10 atom stereocenters. The van der Waals surface area contributed by atoms with E-state index in [0.717, 1.165) is 0 Å². The summed E-state index contributed by atoms with van der Waals surface area (Å²) >= 11 is 0.642. The topological polar surface area (TPSA) is 66.8 Å². The third-order valence-electron chi connectivity index (χ3n) is 7.59. The highest BCUT2D eigenvalue weighted by Gasteiger charge is 2.68. The highest BCUT2D eigenvalue weighted by atomic mass is 32.2. The number of rotatable bonds is 5. The number of hydrogen-bond donors (Lipinski definition) is 1. The van der Waals surface area contributed by atoms with Crippen molar-refractivity contribution >= 4 is 23.5 Å². The standard InChI is InChI=1S/C30H47NO4S/c1-7-28(4)16-24(35-25(33)17-36-22-14-20-8-9-21(15-22)31(20)6)29(5)18(2)10-12-30(19(3)27(28)34)13-11-23(32)26(29)30/h7,18-22,24,26-27,34H,1,8-17H2,2-6H3/t18?,19-,20+,21+,24+,26?,27-,28+,29?,30?/m0/s1/i1D2,2D3,3D3,4D3,5D3,7D,10D2,11D2,12D2,13D2,16D2,18D,19D,24D,26D,27D. The predicted molar refractivity (Wildman–Crippen MR) is 145 cm³/mol. The molecule has 202 valence electrons. The van der Waals surface area contributed by atoms with E-state index in [-0.39, 0.29) is 12.1 Å². The lowest BCUT2D eigenvalue weighted by Gasteiger charge is -2.61. The van der Waals surface area contributed by atoms with E-state index < -0.39 is 141 Å². The van der Waals surface area contributed by atoms with Gasteiger partial charge in [-0.3, -0.25) is 9.59 Å². The zero-order valence-corrected chi connectivity index (χ0v) is 20.1. The summed E-state index contributed by atoms with van der Waals surface area (Å²) in [5.74, 6) is -24.3. The van der Waals surface area contributed by atoms with Gasteiger partial charge in [-0.15, -0.1) is 18.3 Å². The van der Waals surface area contributed by atoms with Crippen LogP contribution in [0, 0.1) is 33.9 Å². The van der Waals surface area contributed by atoms with Crippen LogP contribution in [-0.4, -0.2) is 64.1 Å². The number of hydrogen-bond acceptors (Lipinski definition) is 6. The molecule has 0 amide bonds. The van der Waals surface area contributed by atoms with Gasteiger partial charge in [0.1, 0.15) is 11.9 Å². The lowest BCUT2D eigenvalue weighted by atomic mass is 9.44. The molecule has 5 rings (SSSR count). The number of ether oxygens (including phenoxy) is 1.